The zero-order valence-corrected chi connectivity index (χ0v) is 12.5. The van der Waals surface area contributed by atoms with Crippen LogP contribution < -0.4 is 4.74 Å². The summed E-state index contributed by atoms with van der Waals surface area (Å²) in [5, 5.41) is 0. The lowest BCUT2D eigenvalue weighted by Gasteiger charge is -2.26. The molecule has 0 N–H and O–H groups in total. The average molecular weight is 269 g/mol. The van der Waals surface area contributed by atoms with Gasteiger partial charge in [0, 0.05) is 12.4 Å². The van der Waals surface area contributed by atoms with Gasteiger partial charge >= 0.3 is 0 Å². The number of hydrogen-bond donors (Lipinski definition) is 0. The molecule has 0 saturated carbocycles. The molecule has 0 saturated heterocycles. The van der Waals surface area contributed by atoms with E-state index in [1.165, 1.54) is 11.1 Å². The number of methoxy groups -OCH3 is 1. The zero-order chi connectivity index (χ0) is 14.4. The van der Waals surface area contributed by atoms with Crippen molar-refractivity contribution in [2.24, 2.45) is 0 Å². The first-order valence-corrected chi connectivity index (χ1v) is 7.34. The van der Waals surface area contributed by atoms with Gasteiger partial charge in [-0.3, -0.25) is 4.98 Å². The Kier molecular flexibility index (Phi) is 5.16. The number of rotatable bonds is 6. The Balaban J connectivity index is 2.29. The molecule has 0 aliphatic heterocycles. The van der Waals surface area contributed by atoms with E-state index in [1.54, 1.807) is 7.11 Å². The second kappa shape index (κ2) is 7.09. The number of aromatic nitrogens is 1. The van der Waals surface area contributed by atoms with Crippen LogP contribution in [0.4, 0.5) is 0 Å². The summed E-state index contributed by atoms with van der Waals surface area (Å²) in [5.41, 5.74) is 2.71. The van der Waals surface area contributed by atoms with Crippen molar-refractivity contribution >= 4 is 0 Å². The molecule has 0 aliphatic carbocycles. The van der Waals surface area contributed by atoms with E-state index in [1.807, 2.05) is 30.6 Å². The van der Waals surface area contributed by atoms with E-state index < -0.39 is 0 Å². The van der Waals surface area contributed by atoms with Gasteiger partial charge in [0.1, 0.15) is 5.75 Å². The van der Waals surface area contributed by atoms with Crippen molar-refractivity contribution in [1.82, 2.24) is 4.98 Å². The number of ether oxygens (including phenoxy) is 1. The molecule has 0 spiro atoms. The van der Waals surface area contributed by atoms with Crippen molar-refractivity contribution in [1.29, 1.82) is 0 Å². The summed E-state index contributed by atoms with van der Waals surface area (Å²) in [6.45, 7) is 4.51. The molecule has 0 bridgehead atoms. The summed E-state index contributed by atoms with van der Waals surface area (Å²) < 4.78 is 5.24. The zero-order valence-electron chi connectivity index (χ0n) is 12.5. The van der Waals surface area contributed by atoms with Gasteiger partial charge in [-0.2, -0.15) is 0 Å². The third kappa shape index (κ3) is 3.19. The van der Waals surface area contributed by atoms with Crippen LogP contribution >= 0.6 is 0 Å². The molecule has 1 aromatic heterocycles. The molecule has 1 heterocycles. The van der Waals surface area contributed by atoms with Crippen molar-refractivity contribution < 1.29 is 4.74 Å². The Bertz CT molecular complexity index is 507. The highest BCUT2D eigenvalue weighted by molar-refractivity contribution is 5.32. The molecule has 2 heteroatoms. The highest BCUT2D eigenvalue weighted by atomic mass is 16.5. The van der Waals surface area contributed by atoms with E-state index in [4.69, 9.17) is 4.74 Å². The third-order valence-corrected chi connectivity index (χ3v) is 4.02. The first kappa shape index (κ1) is 14.6. The molecular weight excluding hydrogens is 246 g/mol. The lowest BCUT2D eigenvalue weighted by molar-refractivity contribution is 0.414. The van der Waals surface area contributed by atoms with E-state index in [9.17, 15) is 0 Å². The summed E-state index contributed by atoms with van der Waals surface area (Å²) in [7, 11) is 1.71. The SMILES string of the molecule is CC[C@H](c1ccc(OC)cc1)[C@H](CC)c1cccnc1. The summed E-state index contributed by atoms with van der Waals surface area (Å²) in [6, 6.07) is 12.7. The Morgan fingerprint density at radius 3 is 2.10 bits per heavy atom. The molecule has 2 aromatic rings. The predicted molar refractivity (Wildman–Crippen MR) is 83.3 cm³/mol. The van der Waals surface area contributed by atoms with Gasteiger partial charge in [-0.05, 0) is 54.0 Å². The monoisotopic (exact) mass is 269 g/mol. The van der Waals surface area contributed by atoms with Crippen LogP contribution in [0.15, 0.2) is 48.8 Å². The summed E-state index contributed by atoms with van der Waals surface area (Å²) in [5.74, 6) is 1.95. The summed E-state index contributed by atoms with van der Waals surface area (Å²) >= 11 is 0. The number of pyridine rings is 1. The number of hydrogen-bond acceptors (Lipinski definition) is 2. The van der Waals surface area contributed by atoms with Crippen LogP contribution in [0, 0.1) is 0 Å². The molecule has 2 atom stereocenters. The van der Waals surface area contributed by atoms with Gasteiger partial charge in [0.15, 0.2) is 0 Å². The summed E-state index contributed by atoms with van der Waals surface area (Å²) in [4.78, 5) is 4.27. The van der Waals surface area contributed by atoms with Crippen LogP contribution in [0.2, 0.25) is 0 Å². The molecule has 2 rings (SSSR count). The molecule has 0 aliphatic rings. The highest BCUT2D eigenvalue weighted by Gasteiger charge is 2.22. The molecule has 0 radical (unpaired) electrons. The van der Waals surface area contributed by atoms with Crippen molar-refractivity contribution in [3.8, 4) is 5.75 Å². The van der Waals surface area contributed by atoms with Crippen LogP contribution in [0.3, 0.4) is 0 Å². The Morgan fingerprint density at radius 2 is 1.60 bits per heavy atom. The highest BCUT2D eigenvalue weighted by Crippen LogP contribution is 2.37. The fourth-order valence-corrected chi connectivity index (χ4v) is 2.95. The van der Waals surface area contributed by atoms with Crippen LogP contribution in [-0.2, 0) is 0 Å². The molecule has 0 amide bonds. The van der Waals surface area contributed by atoms with Gasteiger partial charge < -0.3 is 4.74 Å². The first-order valence-electron chi connectivity index (χ1n) is 7.34. The number of nitrogens with zero attached hydrogens (tertiary/aromatic N) is 1. The van der Waals surface area contributed by atoms with Crippen molar-refractivity contribution in [3.63, 3.8) is 0 Å². The minimum atomic E-state index is 0.516. The molecule has 2 nitrogen and oxygen atoms in total. The van der Waals surface area contributed by atoms with Gasteiger partial charge in [-0.1, -0.05) is 32.0 Å². The van der Waals surface area contributed by atoms with Gasteiger partial charge in [-0.25, -0.2) is 0 Å². The normalized spacial score (nSPS) is 13.8. The molecule has 1 aromatic carbocycles. The average Bonchev–Trinajstić information content (AvgIpc) is 2.53. The summed E-state index contributed by atoms with van der Waals surface area (Å²) in [6.07, 6.45) is 6.08. The van der Waals surface area contributed by atoms with Crippen molar-refractivity contribution in [2.45, 2.75) is 38.5 Å². The maximum Gasteiger partial charge on any atom is 0.118 e. The molecule has 0 unspecified atom stereocenters. The Morgan fingerprint density at radius 1 is 0.950 bits per heavy atom. The lowest BCUT2D eigenvalue weighted by atomic mass is 9.79. The first-order chi connectivity index (χ1) is 9.80. The maximum atomic E-state index is 5.24. The molecule has 20 heavy (non-hydrogen) atoms. The van der Waals surface area contributed by atoms with E-state index in [0.29, 0.717) is 11.8 Å². The Hall–Kier alpha value is -1.83. The Labute approximate surface area is 121 Å². The lowest BCUT2D eigenvalue weighted by Crippen LogP contribution is -2.10. The molecule has 106 valence electrons. The largest absolute Gasteiger partial charge is 0.497 e. The van der Waals surface area contributed by atoms with Gasteiger partial charge in [0.25, 0.3) is 0 Å². The second-order valence-corrected chi connectivity index (χ2v) is 5.09. The van der Waals surface area contributed by atoms with Crippen LogP contribution in [0.5, 0.6) is 5.75 Å². The third-order valence-electron chi connectivity index (χ3n) is 4.02. The minimum Gasteiger partial charge on any atom is -0.497 e. The van der Waals surface area contributed by atoms with Crippen LogP contribution in [-0.4, -0.2) is 12.1 Å². The second-order valence-electron chi connectivity index (χ2n) is 5.09. The van der Waals surface area contributed by atoms with Crippen LogP contribution in [0.1, 0.15) is 49.7 Å². The quantitative estimate of drug-likeness (QED) is 0.753. The smallest absolute Gasteiger partial charge is 0.118 e. The fourth-order valence-electron chi connectivity index (χ4n) is 2.95. The molecular formula is C18H23NO. The molecule has 0 fully saturated rings. The fraction of sp³-hybridized carbons (Fsp3) is 0.389. The van der Waals surface area contributed by atoms with E-state index >= 15 is 0 Å². The van der Waals surface area contributed by atoms with Crippen molar-refractivity contribution in [2.75, 3.05) is 7.11 Å². The van der Waals surface area contributed by atoms with Crippen LogP contribution in [0.25, 0.3) is 0 Å². The van der Waals surface area contributed by atoms with E-state index in [0.717, 1.165) is 18.6 Å². The number of benzene rings is 1. The maximum absolute atomic E-state index is 5.24. The van der Waals surface area contributed by atoms with Gasteiger partial charge in [0.2, 0.25) is 0 Å². The van der Waals surface area contributed by atoms with E-state index in [2.05, 4.69) is 37.0 Å². The standard InChI is InChI=1S/C18H23NO/c1-4-17(14-8-10-16(20-3)11-9-14)18(5-2)15-7-6-12-19-13-15/h6-13,17-18H,4-5H2,1-3H3/t17-,18-/m1/s1. The predicted octanol–water partition coefficient (Wildman–Crippen LogP) is 4.78. The van der Waals surface area contributed by atoms with Gasteiger partial charge in [-0.15, -0.1) is 0 Å². The van der Waals surface area contributed by atoms with Gasteiger partial charge in [0.05, 0.1) is 7.11 Å². The topological polar surface area (TPSA) is 22.1 Å². The van der Waals surface area contributed by atoms with E-state index in [-0.39, 0.29) is 0 Å². The minimum absolute atomic E-state index is 0.516. The van der Waals surface area contributed by atoms with Crippen molar-refractivity contribution in [3.05, 3.63) is 59.9 Å².